The highest BCUT2D eigenvalue weighted by atomic mass is 35.5. The minimum atomic E-state index is -3.63. The second-order valence-corrected chi connectivity index (χ2v) is 10.1. The SMILES string of the molecule is Cc1c(S(=O)(=O)NCC2CCCO2)cc(-c2nc(-c3cccc(Cl)c3)cs2)n1C. The number of thiazole rings is 1. The van der Waals surface area contributed by atoms with E-state index >= 15 is 0 Å². The highest BCUT2D eigenvalue weighted by Gasteiger charge is 2.25. The van der Waals surface area contributed by atoms with Crippen LogP contribution in [0, 0.1) is 6.92 Å². The molecule has 29 heavy (non-hydrogen) atoms. The van der Waals surface area contributed by atoms with Crippen LogP contribution >= 0.6 is 22.9 Å². The summed E-state index contributed by atoms with van der Waals surface area (Å²) < 4.78 is 35.8. The molecule has 9 heteroatoms. The highest BCUT2D eigenvalue weighted by molar-refractivity contribution is 7.89. The molecule has 0 saturated carbocycles. The third-order valence-corrected chi connectivity index (χ3v) is 7.79. The Kier molecular flexibility index (Phi) is 5.81. The third-order valence-electron chi connectivity index (χ3n) is 5.15. The van der Waals surface area contributed by atoms with Crippen LogP contribution in [0.2, 0.25) is 5.02 Å². The molecule has 3 heterocycles. The van der Waals surface area contributed by atoms with Gasteiger partial charge in [-0.1, -0.05) is 23.7 Å². The van der Waals surface area contributed by atoms with E-state index in [1.165, 1.54) is 11.3 Å². The first-order valence-corrected chi connectivity index (χ1v) is 12.1. The average Bonchev–Trinajstić information content (AvgIpc) is 3.42. The molecule has 0 amide bonds. The molecule has 0 aliphatic carbocycles. The summed E-state index contributed by atoms with van der Waals surface area (Å²) >= 11 is 7.56. The lowest BCUT2D eigenvalue weighted by atomic mass is 10.2. The molecule has 0 spiro atoms. The average molecular weight is 452 g/mol. The number of sulfonamides is 1. The standard InChI is InChI=1S/C20H22ClN3O3S2/c1-13-19(29(25,26)22-11-16-7-4-8-27-16)10-18(24(13)2)20-23-17(12-28-20)14-5-3-6-15(21)9-14/h3,5-6,9-10,12,16,22H,4,7-8,11H2,1-2H3. The van der Waals surface area contributed by atoms with Crippen molar-refractivity contribution < 1.29 is 13.2 Å². The van der Waals surface area contributed by atoms with Crippen molar-refractivity contribution in [3.8, 4) is 22.0 Å². The molecule has 1 atom stereocenters. The smallest absolute Gasteiger partial charge is 0.242 e. The van der Waals surface area contributed by atoms with Crippen molar-refractivity contribution in [3.63, 3.8) is 0 Å². The largest absolute Gasteiger partial charge is 0.377 e. The predicted molar refractivity (Wildman–Crippen MR) is 116 cm³/mol. The summed E-state index contributed by atoms with van der Waals surface area (Å²) in [5, 5.41) is 3.36. The van der Waals surface area contributed by atoms with Crippen molar-refractivity contribution in [3.05, 3.63) is 46.4 Å². The molecule has 0 bridgehead atoms. The second kappa shape index (κ2) is 8.20. The van der Waals surface area contributed by atoms with Crippen molar-refractivity contribution >= 4 is 33.0 Å². The number of nitrogens with zero attached hydrogens (tertiary/aromatic N) is 2. The van der Waals surface area contributed by atoms with Gasteiger partial charge in [-0.05, 0) is 38.0 Å². The molecule has 1 fully saturated rings. The summed E-state index contributed by atoms with van der Waals surface area (Å²) in [7, 11) is -1.78. The number of ether oxygens (including phenoxy) is 1. The second-order valence-electron chi connectivity index (χ2n) is 7.07. The van der Waals surface area contributed by atoms with Crippen LogP contribution in [0.3, 0.4) is 0 Å². The van der Waals surface area contributed by atoms with E-state index < -0.39 is 10.0 Å². The zero-order chi connectivity index (χ0) is 20.6. The Morgan fingerprint density at radius 3 is 2.93 bits per heavy atom. The van der Waals surface area contributed by atoms with Gasteiger partial charge in [0.1, 0.15) is 9.90 Å². The highest BCUT2D eigenvalue weighted by Crippen LogP contribution is 2.33. The predicted octanol–water partition coefficient (Wildman–Crippen LogP) is 4.23. The third kappa shape index (κ3) is 4.27. The minimum absolute atomic E-state index is 0.0486. The molecule has 1 N–H and O–H groups in total. The number of hydrogen-bond donors (Lipinski definition) is 1. The quantitative estimate of drug-likeness (QED) is 0.608. The molecule has 1 aliphatic rings. The van der Waals surface area contributed by atoms with Crippen LogP contribution in [0.4, 0.5) is 0 Å². The molecule has 1 saturated heterocycles. The van der Waals surface area contributed by atoms with Crippen LogP contribution in [0.15, 0.2) is 40.6 Å². The Balaban J connectivity index is 1.61. The Hall–Kier alpha value is -1.71. The van der Waals surface area contributed by atoms with E-state index in [4.69, 9.17) is 21.3 Å². The zero-order valence-corrected chi connectivity index (χ0v) is 18.6. The molecule has 0 radical (unpaired) electrons. The summed E-state index contributed by atoms with van der Waals surface area (Å²) in [6.45, 7) is 2.79. The number of nitrogens with one attached hydrogen (secondary N) is 1. The van der Waals surface area contributed by atoms with Gasteiger partial charge < -0.3 is 9.30 Å². The summed E-state index contributed by atoms with van der Waals surface area (Å²) in [6.07, 6.45) is 1.81. The van der Waals surface area contributed by atoms with E-state index in [1.807, 2.05) is 41.3 Å². The van der Waals surface area contributed by atoms with Gasteiger partial charge in [-0.2, -0.15) is 0 Å². The first kappa shape index (κ1) is 20.6. The van der Waals surface area contributed by atoms with Gasteiger partial charge in [0.25, 0.3) is 0 Å². The van der Waals surface area contributed by atoms with Gasteiger partial charge >= 0.3 is 0 Å². The lowest BCUT2D eigenvalue weighted by Crippen LogP contribution is -2.32. The molecule has 1 aliphatic heterocycles. The van der Waals surface area contributed by atoms with Crippen LogP contribution in [0.5, 0.6) is 0 Å². The normalized spacial score (nSPS) is 17.1. The van der Waals surface area contributed by atoms with Crippen molar-refractivity contribution in [2.24, 2.45) is 7.05 Å². The Morgan fingerprint density at radius 2 is 2.21 bits per heavy atom. The van der Waals surface area contributed by atoms with E-state index in [2.05, 4.69) is 4.72 Å². The summed E-state index contributed by atoms with van der Waals surface area (Å²) in [4.78, 5) is 4.97. The maximum atomic E-state index is 12.9. The van der Waals surface area contributed by atoms with E-state index in [9.17, 15) is 8.42 Å². The van der Waals surface area contributed by atoms with Crippen molar-refractivity contribution in [2.45, 2.75) is 30.8 Å². The fraction of sp³-hybridized carbons (Fsp3) is 0.350. The Labute approximate surface area is 179 Å². The maximum Gasteiger partial charge on any atom is 0.242 e. The monoisotopic (exact) mass is 451 g/mol. The van der Waals surface area contributed by atoms with Gasteiger partial charge in [0.15, 0.2) is 0 Å². The number of benzene rings is 1. The lowest BCUT2D eigenvalue weighted by Gasteiger charge is -2.11. The van der Waals surface area contributed by atoms with Gasteiger partial charge in [0.2, 0.25) is 10.0 Å². The number of halogens is 1. The van der Waals surface area contributed by atoms with E-state index in [-0.39, 0.29) is 11.0 Å². The zero-order valence-electron chi connectivity index (χ0n) is 16.2. The molecule has 1 aromatic carbocycles. The summed E-state index contributed by atoms with van der Waals surface area (Å²) in [6, 6.07) is 9.20. The Morgan fingerprint density at radius 1 is 1.38 bits per heavy atom. The van der Waals surface area contributed by atoms with Crippen LogP contribution in [0.1, 0.15) is 18.5 Å². The molecule has 1 unspecified atom stereocenters. The van der Waals surface area contributed by atoms with Crippen LogP contribution < -0.4 is 4.72 Å². The molecule has 4 rings (SSSR count). The topological polar surface area (TPSA) is 73.2 Å². The number of hydrogen-bond acceptors (Lipinski definition) is 5. The van der Waals surface area contributed by atoms with E-state index in [0.717, 1.165) is 34.8 Å². The molecular formula is C20H22ClN3O3S2. The van der Waals surface area contributed by atoms with Crippen LogP contribution in [0.25, 0.3) is 22.0 Å². The fourth-order valence-electron chi connectivity index (χ4n) is 3.41. The molecular weight excluding hydrogens is 430 g/mol. The molecule has 6 nitrogen and oxygen atoms in total. The molecule has 2 aromatic heterocycles. The maximum absolute atomic E-state index is 12.9. The van der Waals surface area contributed by atoms with Crippen LogP contribution in [-0.4, -0.2) is 37.2 Å². The van der Waals surface area contributed by atoms with E-state index in [0.29, 0.717) is 23.9 Å². The molecule has 3 aromatic rings. The van der Waals surface area contributed by atoms with E-state index in [1.54, 1.807) is 13.0 Å². The van der Waals surface area contributed by atoms with Gasteiger partial charge in [-0.3, -0.25) is 0 Å². The molecule has 154 valence electrons. The van der Waals surface area contributed by atoms with Gasteiger partial charge in [-0.25, -0.2) is 18.1 Å². The van der Waals surface area contributed by atoms with Crippen molar-refractivity contribution in [2.75, 3.05) is 13.2 Å². The first-order valence-electron chi connectivity index (χ1n) is 9.34. The summed E-state index contributed by atoms with van der Waals surface area (Å²) in [5.41, 5.74) is 3.17. The van der Waals surface area contributed by atoms with Crippen molar-refractivity contribution in [1.29, 1.82) is 0 Å². The Bertz CT molecular complexity index is 1130. The van der Waals surface area contributed by atoms with Crippen molar-refractivity contribution in [1.82, 2.24) is 14.3 Å². The fourth-order valence-corrected chi connectivity index (χ4v) is 5.83. The van der Waals surface area contributed by atoms with Gasteiger partial charge in [0, 0.05) is 41.9 Å². The number of rotatable bonds is 6. The first-order chi connectivity index (χ1) is 13.8. The van der Waals surface area contributed by atoms with Gasteiger partial charge in [-0.15, -0.1) is 11.3 Å². The summed E-state index contributed by atoms with van der Waals surface area (Å²) in [5.74, 6) is 0. The number of aromatic nitrogens is 2. The van der Waals surface area contributed by atoms with Gasteiger partial charge in [0.05, 0.1) is 17.5 Å². The minimum Gasteiger partial charge on any atom is -0.377 e. The lowest BCUT2D eigenvalue weighted by molar-refractivity contribution is 0.114. The van der Waals surface area contributed by atoms with Crippen LogP contribution in [-0.2, 0) is 21.8 Å².